The van der Waals surface area contributed by atoms with Crippen molar-refractivity contribution < 1.29 is 0 Å². The highest BCUT2D eigenvalue weighted by molar-refractivity contribution is 5.95. The lowest BCUT2D eigenvalue weighted by molar-refractivity contribution is 0.600. The number of aromatic nitrogens is 1. The van der Waals surface area contributed by atoms with Crippen molar-refractivity contribution in [2.24, 2.45) is 5.92 Å². The molecule has 0 fully saturated rings. The van der Waals surface area contributed by atoms with Crippen molar-refractivity contribution in [3.63, 3.8) is 0 Å². The molecule has 0 aliphatic rings. The monoisotopic (exact) mass is 488 g/mol. The van der Waals surface area contributed by atoms with Gasteiger partial charge in [0.25, 0.3) is 0 Å². The summed E-state index contributed by atoms with van der Waals surface area (Å²) in [6, 6.07) is 32.2. The number of nitrogens with zero attached hydrogens (tertiary/aromatic N) is 1. The topological polar surface area (TPSA) is 24.9 Å². The zero-order valence-electron chi connectivity index (χ0n) is 22.7. The minimum Gasteiger partial charge on any atom is -0.301 e. The van der Waals surface area contributed by atoms with E-state index >= 15 is 0 Å². The number of rotatable bonds is 11. The number of nitrogens with one attached hydrogen (secondary N) is 1. The molecule has 37 heavy (non-hydrogen) atoms. The molecule has 4 rings (SSSR count). The molecule has 1 aromatic heterocycles. The number of pyridine rings is 1. The summed E-state index contributed by atoms with van der Waals surface area (Å²) >= 11 is 0. The summed E-state index contributed by atoms with van der Waals surface area (Å²) < 4.78 is 0. The third-order valence-corrected chi connectivity index (χ3v) is 7.06. The van der Waals surface area contributed by atoms with Gasteiger partial charge in [0.1, 0.15) is 0 Å². The summed E-state index contributed by atoms with van der Waals surface area (Å²) in [6.45, 7) is 9.88. The van der Waals surface area contributed by atoms with Crippen LogP contribution in [0, 0.1) is 5.92 Å². The van der Waals surface area contributed by atoms with Gasteiger partial charge in [0.2, 0.25) is 0 Å². The van der Waals surface area contributed by atoms with E-state index in [0.717, 1.165) is 37.2 Å². The van der Waals surface area contributed by atoms with Crippen LogP contribution >= 0.6 is 0 Å². The highest BCUT2D eigenvalue weighted by atomic mass is 14.9. The molecule has 0 amide bonds. The molecule has 2 heteroatoms. The zero-order chi connectivity index (χ0) is 26.0. The van der Waals surface area contributed by atoms with Crippen LogP contribution in [-0.4, -0.2) is 11.5 Å². The first kappa shape index (κ1) is 26.6. The van der Waals surface area contributed by atoms with Crippen molar-refractivity contribution in [3.05, 3.63) is 126 Å². The average molecular weight is 489 g/mol. The number of hydrogen-bond donors (Lipinski definition) is 1. The number of hydrogen-bond acceptors (Lipinski definition) is 2. The van der Waals surface area contributed by atoms with Crippen molar-refractivity contribution >= 4 is 10.8 Å². The van der Waals surface area contributed by atoms with Gasteiger partial charge in [-0.05, 0) is 54.2 Å². The molecule has 1 atom stereocenters. The van der Waals surface area contributed by atoms with E-state index in [4.69, 9.17) is 4.98 Å². The number of fused-ring (bicyclic) bond motifs is 1. The van der Waals surface area contributed by atoms with Crippen LogP contribution in [0.4, 0.5) is 0 Å². The maximum absolute atomic E-state index is 5.23. The molecule has 4 aromatic rings. The summed E-state index contributed by atoms with van der Waals surface area (Å²) in [7, 11) is 0. The van der Waals surface area contributed by atoms with Gasteiger partial charge < -0.3 is 5.32 Å². The predicted octanol–water partition coefficient (Wildman–Crippen LogP) is 9.30. The van der Waals surface area contributed by atoms with Crippen LogP contribution in [-0.2, 0) is 0 Å². The second kappa shape index (κ2) is 13.2. The van der Waals surface area contributed by atoms with Crippen LogP contribution in [0.1, 0.15) is 64.3 Å². The summed E-state index contributed by atoms with van der Waals surface area (Å²) in [4.78, 5) is 5.23. The Morgan fingerprint density at radius 1 is 0.865 bits per heavy atom. The van der Waals surface area contributed by atoms with Crippen molar-refractivity contribution in [1.82, 2.24) is 10.3 Å². The fourth-order valence-corrected chi connectivity index (χ4v) is 5.17. The Morgan fingerprint density at radius 3 is 2.35 bits per heavy atom. The SMILES string of the molecule is C/C=C\C/C(=C(\CCC)CNC(c1ccccc1)c1cccc(-c2cccc3ccccc23)n1)C(C)C. The third kappa shape index (κ3) is 6.64. The highest BCUT2D eigenvalue weighted by Crippen LogP contribution is 2.30. The van der Waals surface area contributed by atoms with Gasteiger partial charge in [-0.1, -0.05) is 129 Å². The van der Waals surface area contributed by atoms with Gasteiger partial charge in [0.15, 0.2) is 0 Å². The Kier molecular flexibility index (Phi) is 9.46. The van der Waals surface area contributed by atoms with Crippen molar-refractivity contribution in [1.29, 1.82) is 0 Å². The van der Waals surface area contributed by atoms with Crippen LogP contribution < -0.4 is 5.32 Å². The summed E-state index contributed by atoms with van der Waals surface area (Å²) in [5.74, 6) is 0.530. The minimum absolute atomic E-state index is 0.0121. The minimum atomic E-state index is 0.0121. The molecule has 1 unspecified atom stereocenters. The molecule has 0 saturated carbocycles. The first-order valence-corrected chi connectivity index (χ1v) is 13.7. The van der Waals surface area contributed by atoms with Gasteiger partial charge in [0, 0.05) is 12.1 Å². The fourth-order valence-electron chi connectivity index (χ4n) is 5.17. The van der Waals surface area contributed by atoms with Gasteiger partial charge in [-0.15, -0.1) is 0 Å². The lowest BCUT2D eigenvalue weighted by Gasteiger charge is -2.23. The lowest BCUT2D eigenvalue weighted by atomic mass is 9.91. The third-order valence-electron chi connectivity index (χ3n) is 7.06. The average Bonchev–Trinajstić information content (AvgIpc) is 2.93. The van der Waals surface area contributed by atoms with Gasteiger partial charge in [0.05, 0.1) is 17.4 Å². The number of benzene rings is 3. The molecule has 2 nitrogen and oxygen atoms in total. The maximum Gasteiger partial charge on any atom is 0.0754 e. The van der Waals surface area contributed by atoms with Crippen LogP contribution in [0.3, 0.4) is 0 Å². The van der Waals surface area contributed by atoms with E-state index in [1.54, 1.807) is 5.57 Å². The van der Waals surface area contributed by atoms with E-state index in [9.17, 15) is 0 Å². The molecular weight excluding hydrogens is 448 g/mol. The molecule has 0 radical (unpaired) electrons. The van der Waals surface area contributed by atoms with Crippen LogP contribution in [0.2, 0.25) is 0 Å². The molecule has 1 heterocycles. The molecule has 0 aliphatic carbocycles. The molecule has 0 saturated heterocycles. The highest BCUT2D eigenvalue weighted by Gasteiger charge is 2.18. The predicted molar refractivity (Wildman–Crippen MR) is 160 cm³/mol. The second-order valence-corrected chi connectivity index (χ2v) is 10.0. The Labute approximate surface area is 223 Å². The summed E-state index contributed by atoms with van der Waals surface area (Å²) in [5, 5.41) is 6.39. The van der Waals surface area contributed by atoms with E-state index in [-0.39, 0.29) is 6.04 Å². The van der Waals surface area contributed by atoms with Crippen LogP contribution in [0.25, 0.3) is 22.0 Å². The van der Waals surface area contributed by atoms with Crippen LogP contribution in [0.5, 0.6) is 0 Å². The maximum atomic E-state index is 5.23. The van der Waals surface area contributed by atoms with Gasteiger partial charge in [-0.25, -0.2) is 0 Å². The van der Waals surface area contributed by atoms with Crippen LogP contribution in [0.15, 0.2) is 114 Å². The first-order valence-electron chi connectivity index (χ1n) is 13.7. The zero-order valence-corrected chi connectivity index (χ0v) is 22.7. The van der Waals surface area contributed by atoms with E-state index in [2.05, 4.69) is 136 Å². The van der Waals surface area contributed by atoms with Gasteiger partial charge in [-0.3, -0.25) is 4.98 Å². The molecule has 0 aliphatic heterocycles. The van der Waals surface area contributed by atoms with Crippen molar-refractivity contribution in [2.75, 3.05) is 6.54 Å². The van der Waals surface area contributed by atoms with Crippen molar-refractivity contribution in [3.8, 4) is 11.3 Å². The molecular formula is C35H40N2. The molecule has 1 N–H and O–H groups in total. The Morgan fingerprint density at radius 2 is 1.59 bits per heavy atom. The fraction of sp³-hybridized carbons (Fsp3) is 0.286. The molecule has 0 spiro atoms. The lowest BCUT2D eigenvalue weighted by Crippen LogP contribution is -2.26. The summed E-state index contributed by atoms with van der Waals surface area (Å²) in [6.07, 6.45) is 7.73. The molecule has 0 bridgehead atoms. The Balaban J connectivity index is 1.72. The van der Waals surface area contributed by atoms with E-state index < -0.39 is 0 Å². The van der Waals surface area contributed by atoms with Gasteiger partial charge in [-0.2, -0.15) is 0 Å². The Hall–Kier alpha value is -3.49. The quantitative estimate of drug-likeness (QED) is 0.213. The molecule has 3 aromatic carbocycles. The van der Waals surface area contributed by atoms with E-state index in [0.29, 0.717) is 5.92 Å². The smallest absolute Gasteiger partial charge is 0.0754 e. The largest absolute Gasteiger partial charge is 0.301 e. The van der Waals surface area contributed by atoms with Gasteiger partial charge >= 0.3 is 0 Å². The molecule has 190 valence electrons. The summed E-state index contributed by atoms with van der Waals surface area (Å²) in [5.41, 5.74) is 7.55. The van der Waals surface area contributed by atoms with E-state index in [1.807, 2.05) is 0 Å². The standard InChI is InChI=1S/C35H40N2/c1-5-7-20-30(26(3)4)29(15-6-2)25-36-35(28-17-9-8-10-18-28)34-24-14-23-33(37-34)32-22-13-19-27-16-11-12-21-31(27)32/h5,7-14,16-19,21-24,26,35-36H,6,15,20,25H2,1-4H3/b7-5-,30-29-. The number of allylic oxidation sites excluding steroid dienone is 3. The second-order valence-electron chi connectivity index (χ2n) is 10.0. The normalized spacial score (nSPS) is 13.3. The van der Waals surface area contributed by atoms with E-state index in [1.165, 1.54) is 27.5 Å². The van der Waals surface area contributed by atoms with Crippen molar-refractivity contribution in [2.45, 2.75) is 53.0 Å². The Bertz CT molecular complexity index is 1340. The first-order chi connectivity index (χ1) is 18.1.